The molecule has 0 aliphatic rings. The molecule has 0 radical (unpaired) electrons. The fourth-order valence-electron chi connectivity index (χ4n) is 1.58. The van der Waals surface area contributed by atoms with Crippen LogP contribution in [0.5, 0.6) is 5.75 Å². The summed E-state index contributed by atoms with van der Waals surface area (Å²) >= 11 is 11.6. The van der Waals surface area contributed by atoms with Crippen molar-refractivity contribution >= 4 is 34.7 Å². The molecule has 0 aliphatic carbocycles. The molecule has 0 bridgehead atoms. The molecule has 2 aromatic rings. The van der Waals surface area contributed by atoms with Gasteiger partial charge in [0.15, 0.2) is 12.4 Å². The quantitative estimate of drug-likeness (QED) is 0.470. The van der Waals surface area contributed by atoms with E-state index in [4.69, 9.17) is 27.9 Å². The number of nitrogens with zero attached hydrogens (tertiary/aromatic N) is 1. The molecular weight excluding hydrogens is 317 g/mol. The predicted octanol–water partition coefficient (Wildman–Crippen LogP) is 4.16. The molecule has 0 spiro atoms. The van der Waals surface area contributed by atoms with E-state index < -0.39 is 4.92 Å². The minimum Gasteiger partial charge on any atom is -0.484 e. The number of benzene rings is 2. The van der Waals surface area contributed by atoms with Crippen LogP contribution in [-0.4, -0.2) is 17.3 Å². The molecule has 0 saturated carbocycles. The Morgan fingerprint density at radius 2 is 1.81 bits per heavy atom. The highest BCUT2D eigenvalue weighted by Gasteiger charge is 2.13. The third-order valence-electron chi connectivity index (χ3n) is 2.65. The van der Waals surface area contributed by atoms with E-state index in [-0.39, 0.29) is 28.8 Å². The van der Waals surface area contributed by atoms with Gasteiger partial charge in [0.2, 0.25) is 0 Å². The summed E-state index contributed by atoms with van der Waals surface area (Å²) in [4.78, 5) is 22.0. The van der Waals surface area contributed by atoms with Crippen molar-refractivity contribution in [3.63, 3.8) is 0 Å². The normalized spacial score (nSPS) is 10.2. The van der Waals surface area contributed by atoms with Crippen LogP contribution in [0.4, 0.5) is 5.69 Å². The van der Waals surface area contributed by atoms with Gasteiger partial charge in [0.05, 0.1) is 16.0 Å². The maximum Gasteiger partial charge on any atom is 0.273 e. The minimum absolute atomic E-state index is 0.0909. The molecule has 2 rings (SSSR count). The molecule has 0 unspecified atom stereocenters. The summed E-state index contributed by atoms with van der Waals surface area (Å²) in [5.74, 6) is -0.192. The average Bonchev–Trinajstić information content (AvgIpc) is 2.46. The van der Waals surface area contributed by atoms with E-state index >= 15 is 0 Å². The Bertz CT molecular complexity index is 686. The summed E-state index contributed by atoms with van der Waals surface area (Å²) in [6.07, 6.45) is 0. The molecule has 0 saturated heterocycles. The Labute approximate surface area is 130 Å². The van der Waals surface area contributed by atoms with Gasteiger partial charge in [-0.3, -0.25) is 14.9 Å². The van der Waals surface area contributed by atoms with E-state index in [9.17, 15) is 14.9 Å². The first kappa shape index (κ1) is 15.3. The van der Waals surface area contributed by atoms with Crippen LogP contribution in [-0.2, 0) is 0 Å². The number of non-ortho nitro benzene ring substituents is 1. The van der Waals surface area contributed by atoms with Crippen LogP contribution in [0.1, 0.15) is 10.4 Å². The van der Waals surface area contributed by atoms with Gasteiger partial charge in [-0.25, -0.2) is 0 Å². The number of Topliss-reactive ketones (excluding diaryl/α,β-unsaturated/α-hetero) is 1. The van der Waals surface area contributed by atoms with Crippen LogP contribution < -0.4 is 4.74 Å². The summed E-state index contributed by atoms with van der Waals surface area (Å²) in [7, 11) is 0. The molecule has 0 heterocycles. The third kappa shape index (κ3) is 3.93. The monoisotopic (exact) mass is 325 g/mol. The lowest BCUT2D eigenvalue weighted by Gasteiger charge is -2.07. The maximum absolute atomic E-state index is 11.9. The van der Waals surface area contributed by atoms with Crippen LogP contribution in [0.3, 0.4) is 0 Å². The van der Waals surface area contributed by atoms with Crippen molar-refractivity contribution in [2.24, 2.45) is 0 Å². The van der Waals surface area contributed by atoms with Crippen molar-refractivity contribution in [1.82, 2.24) is 0 Å². The zero-order chi connectivity index (χ0) is 15.4. The summed E-state index contributed by atoms with van der Waals surface area (Å²) < 4.78 is 5.26. The molecule has 0 atom stereocenters. The van der Waals surface area contributed by atoms with E-state index in [2.05, 4.69) is 0 Å². The predicted molar refractivity (Wildman–Crippen MR) is 79.4 cm³/mol. The molecule has 0 N–H and O–H groups in total. The van der Waals surface area contributed by atoms with Crippen molar-refractivity contribution in [3.8, 4) is 5.75 Å². The summed E-state index contributed by atoms with van der Waals surface area (Å²) in [6.45, 7) is -0.275. The Kier molecular flexibility index (Phi) is 4.77. The molecule has 0 fully saturated rings. The van der Waals surface area contributed by atoms with Crippen LogP contribution >= 0.6 is 23.2 Å². The van der Waals surface area contributed by atoms with Gasteiger partial charge in [0.25, 0.3) is 5.69 Å². The average molecular weight is 326 g/mol. The molecule has 5 nitrogen and oxygen atoms in total. The molecule has 0 amide bonds. The largest absolute Gasteiger partial charge is 0.484 e. The number of rotatable bonds is 5. The third-order valence-corrected chi connectivity index (χ3v) is 3.21. The van der Waals surface area contributed by atoms with Gasteiger partial charge in [0.1, 0.15) is 5.75 Å². The highest BCUT2D eigenvalue weighted by atomic mass is 35.5. The Morgan fingerprint density at radius 1 is 1.14 bits per heavy atom. The van der Waals surface area contributed by atoms with Crippen molar-refractivity contribution in [3.05, 3.63) is 68.2 Å². The lowest BCUT2D eigenvalue weighted by Crippen LogP contribution is -2.11. The van der Waals surface area contributed by atoms with Crippen LogP contribution in [0.25, 0.3) is 0 Å². The molecular formula is C14H9Cl2NO4. The standard InChI is InChI=1S/C14H9Cl2NO4/c15-10-3-1-9(2-4-10)13(18)8-21-14-7-11(17(19)20)5-6-12(14)16/h1-7H,8H2. The fraction of sp³-hybridized carbons (Fsp3) is 0.0714. The number of hydrogen-bond donors (Lipinski definition) is 0. The van der Waals surface area contributed by atoms with Crippen molar-refractivity contribution in [2.45, 2.75) is 0 Å². The Hall–Kier alpha value is -2.11. The van der Waals surface area contributed by atoms with E-state index in [1.165, 1.54) is 18.2 Å². The first-order valence-electron chi connectivity index (χ1n) is 5.83. The minimum atomic E-state index is -0.565. The maximum atomic E-state index is 11.9. The first-order valence-corrected chi connectivity index (χ1v) is 6.58. The second kappa shape index (κ2) is 6.56. The van der Waals surface area contributed by atoms with E-state index in [1.807, 2.05) is 0 Å². The Morgan fingerprint density at radius 3 is 2.43 bits per heavy atom. The van der Waals surface area contributed by atoms with Gasteiger partial charge >= 0.3 is 0 Å². The smallest absolute Gasteiger partial charge is 0.273 e. The molecule has 0 aromatic heterocycles. The summed E-state index contributed by atoms with van der Waals surface area (Å²) in [5.41, 5.74) is 0.272. The van der Waals surface area contributed by atoms with Crippen LogP contribution in [0.15, 0.2) is 42.5 Å². The van der Waals surface area contributed by atoms with Gasteiger partial charge < -0.3 is 4.74 Å². The van der Waals surface area contributed by atoms with E-state index in [0.29, 0.717) is 10.6 Å². The van der Waals surface area contributed by atoms with Crippen molar-refractivity contribution in [2.75, 3.05) is 6.61 Å². The molecule has 21 heavy (non-hydrogen) atoms. The number of ether oxygens (including phenoxy) is 1. The van der Waals surface area contributed by atoms with E-state index in [1.54, 1.807) is 24.3 Å². The van der Waals surface area contributed by atoms with Crippen LogP contribution in [0, 0.1) is 10.1 Å². The zero-order valence-electron chi connectivity index (χ0n) is 10.6. The number of hydrogen-bond acceptors (Lipinski definition) is 4. The van der Waals surface area contributed by atoms with Gasteiger partial charge in [-0.05, 0) is 30.3 Å². The van der Waals surface area contributed by atoms with Gasteiger partial charge in [-0.2, -0.15) is 0 Å². The highest BCUT2D eigenvalue weighted by Crippen LogP contribution is 2.28. The number of carbonyl (C=O) groups is 1. The lowest BCUT2D eigenvalue weighted by atomic mass is 10.1. The topological polar surface area (TPSA) is 69.4 Å². The molecule has 2 aromatic carbocycles. The van der Waals surface area contributed by atoms with Crippen molar-refractivity contribution < 1.29 is 14.5 Å². The number of carbonyl (C=O) groups excluding carboxylic acids is 1. The summed E-state index contributed by atoms with van der Waals surface area (Å²) in [6, 6.07) is 10.1. The molecule has 0 aliphatic heterocycles. The lowest BCUT2D eigenvalue weighted by molar-refractivity contribution is -0.384. The second-order valence-corrected chi connectivity index (χ2v) is 4.93. The molecule has 7 heteroatoms. The van der Waals surface area contributed by atoms with Gasteiger partial charge in [-0.15, -0.1) is 0 Å². The fourth-order valence-corrected chi connectivity index (χ4v) is 1.88. The highest BCUT2D eigenvalue weighted by molar-refractivity contribution is 6.32. The number of halogens is 2. The Balaban J connectivity index is 2.09. The zero-order valence-corrected chi connectivity index (χ0v) is 12.1. The summed E-state index contributed by atoms with van der Waals surface area (Å²) in [5, 5.41) is 11.4. The second-order valence-electron chi connectivity index (χ2n) is 4.09. The number of nitro groups is 1. The first-order chi connectivity index (χ1) is 9.97. The van der Waals surface area contributed by atoms with Crippen LogP contribution in [0.2, 0.25) is 10.0 Å². The number of ketones is 1. The van der Waals surface area contributed by atoms with E-state index in [0.717, 1.165) is 0 Å². The number of nitro benzene ring substituents is 1. The van der Waals surface area contributed by atoms with Gasteiger partial charge in [0, 0.05) is 16.7 Å². The SMILES string of the molecule is O=C(COc1cc([N+](=O)[O-])ccc1Cl)c1ccc(Cl)cc1. The molecule has 108 valence electrons. The van der Waals surface area contributed by atoms with Crippen molar-refractivity contribution in [1.29, 1.82) is 0 Å². The van der Waals surface area contributed by atoms with Gasteiger partial charge in [-0.1, -0.05) is 23.2 Å².